The van der Waals surface area contributed by atoms with Gasteiger partial charge < -0.3 is 4.98 Å². The Bertz CT molecular complexity index is 757. The van der Waals surface area contributed by atoms with Gasteiger partial charge in [-0.05, 0) is 40.8 Å². The highest BCUT2D eigenvalue weighted by molar-refractivity contribution is 14.1. The third kappa shape index (κ3) is 1.27. The summed E-state index contributed by atoms with van der Waals surface area (Å²) >= 11 is 2.25. The first-order chi connectivity index (χ1) is 7.66. The fourth-order valence-corrected chi connectivity index (χ4v) is 2.40. The van der Waals surface area contributed by atoms with Crippen molar-refractivity contribution in [3.63, 3.8) is 0 Å². The normalized spacial score (nSPS) is 11.4. The molecule has 0 amide bonds. The Morgan fingerprint density at radius 1 is 1.44 bits per heavy atom. The van der Waals surface area contributed by atoms with Crippen molar-refractivity contribution in [2.45, 2.75) is 0 Å². The molecule has 0 bridgehead atoms. The molecule has 4 nitrogen and oxygen atoms in total. The third-order valence-corrected chi connectivity index (χ3v) is 3.35. The van der Waals surface area contributed by atoms with Crippen molar-refractivity contribution in [1.82, 2.24) is 14.5 Å². The van der Waals surface area contributed by atoms with Crippen LogP contribution in [0.25, 0.3) is 21.9 Å². The Labute approximate surface area is 104 Å². The molecule has 2 heterocycles. The van der Waals surface area contributed by atoms with Crippen molar-refractivity contribution >= 4 is 44.5 Å². The summed E-state index contributed by atoms with van der Waals surface area (Å²) in [5, 5.41) is 1.00. The molecule has 0 aliphatic heterocycles. The standard InChI is InChI=1S/C11H8IN3O/c1-15-10-7-4-6(12)2-3-8(7)13-5-9(10)14-11(15)16/h2-5H,1H3,(H,14,16). The minimum atomic E-state index is -0.108. The largest absolute Gasteiger partial charge is 0.326 e. The summed E-state index contributed by atoms with van der Waals surface area (Å²) in [6, 6.07) is 6.01. The lowest BCUT2D eigenvalue weighted by molar-refractivity contribution is 0.894. The third-order valence-electron chi connectivity index (χ3n) is 2.68. The van der Waals surface area contributed by atoms with Crippen LogP contribution in [0.1, 0.15) is 0 Å². The smallest absolute Gasteiger partial charge is 0.304 e. The van der Waals surface area contributed by atoms with Crippen molar-refractivity contribution in [3.8, 4) is 0 Å². The molecule has 0 atom stereocenters. The van der Waals surface area contributed by atoms with Gasteiger partial charge in [-0.3, -0.25) is 9.55 Å². The van der Waals surface area contributed by atoms with Gasteiger partial charge in [0, 0.05) is 16.0 Å². The molecule has 16 heavy (non-hydrogen) atoms. The van der Waals surface area contributed by atoms with Gasteiger partial charge in [0.25, 0.3) is 0 Å². The quantitative estimate of drug-likeness (QED) is 0.643. The van der Waals surface area contributed by atoms with E-state index in [0.29, 0.717) is 0 Å². The number of hydrogen-bond donors (Lipinski definition) is 1. The van der Waals surface area contributed by atoms with E-state index in [2.05, 4.69) is 32.6 Å². The molecule has 0 spiro atoms. The van der Waals surface area contributed by atoms with Crippen LogP contribution in [0.15, 0.2) is 29.2 Å². The Morgan fingerprint density at radius 2 is 2.25 bits per heavy atom. The van der Waals surface area contributed by atoms with Gasteiger partial charge in [0.1, 0.15) is 0 Å². The molecule has 0 saturated carbocycles. The lowest BCUT2D eigenvalue weighted by Crippen LogP contribution is -2.11. The molecule has 0 radical (unpaired) electrons. The van der Waals surface area contributed by atoms with Crippen LogP contribution < -0.4 is 5.69 Å². The van der Waals surface area contributed by atoms with Crippen molar-refractivity contribution < 1.29 is 0 Å². The van der Waals surface area contributed by atoms with Crippen LogP contribution in [0.2, 0.25) is 0 Å². The van der Waals surface area contributed by atoms with Crippen LogP contribution in [0, 0.1) is 3.57 Å². The van der Waals surface area contributed by atoms with E-state index in [1.807, 2.05) is 18.2 Å². The van der Waals surface area contributed by atoms with Gasteiger partial charge in [-0.15, -0.1) is 0 Å². The van der Waals surface area contributed by atoms with Crippen molar-refractivity contribution in [3.05, 3.63) is 38.5 Å². The number of imidazole rings is 1. The first-order valence-electron chi connectivity index (χ1n) is 4.80. The summed E-state index contributed by atoms with van der Waals surface area (Å²) in [4.78, 5) is 18.6. The van der Waals surface area contributed by atoms with Gasteiger partial charge in [0.2, 0.25) is 0 Å². The van der Waals surface area contributed by atoms with Crippen molar-refractivity contribution in [2.24, 2.45) is 7.05 Å². The molecule has 0 unspecified atom stereocenters. The second kappa shape index (κ2) is 3.31. The molecule has 3 rings (SSSR count). The summed E-state index contributed by atoms with van der Waals surface area (Å²) < 4.78 is 2.75. The second-order valence-electron chi connectivity index (χ2n) is 3.67. The van der Waals surface area contributed by atoms with E-state index in [1.54, 1.807) is 17.8 Å². The SMILES string of the molecule is Cn1c(=O)[nH]c2cnc3ccc(I)cc3c21. The van der Waals surface area contributed by atoms with Gasteiger partial charge in [-0.1, -0.05) is 0 Å². The number of pyridine rings is 1. The fraction of sp³-hybridized carbons (Fsp3) is 0.0909. The van der Waals surface area contributed by atoms with Crippen molar-refractivity contribution in [1.29, 1.82) is 0 Å². The number of hydrogen-bond acceptors (Lipinski definition) is 2. The Kier molecular flexibility index (Phi) is 2.03. The van der Waals surface area contributed by atoms with Gasteiger partial charge in [-0.25, -0.2) is 4.79 Å². The number of H-pyrrole nitrogens is 1. The predicted octanol–water partition coefficient (Wildman–Crippen LogP) is 2.02. The molecule has 0 fully saturated rings. The van der Waals surface area contributed by atoms with Crippen LogP contribution in [0.5, 0.6) is 0 Å². The lowest BCUT2D eigenvalue weighted by atomic mass is 10.2. The highest BCUT2D eigenvalue weighted by atomic mass is 127. The predicted molar refractivity (Wildman–Crippen MR) is 71.6 cm³/mol. The minimum absolute atomic E-state index is 0.108. The number of aromatic nitrogens is 3. The van der Waals surface area contributed by atoms with Crippen LogP contribution in [-0.4, -0.2) is 14.5 Å². The number of fused-ring (bicyclic) bond motifs is 3. The van der Waals surface area contributed by atoms with Gasteiger partial charge in [0.15, 0.2) is 0 Å². The van der Waals surface area contributed by atoms with Crippen LogP contribution in [-0.2, 0) is 7.05 Å². The maximum Gasteiger partial charge on any atom is 0.326 e. The zero-order valence-electron chi connectivity index (χ0n) is 8.49. The molecule has 3 aromatic rings. The zero-order valence-corrected chi connectivity index (χ0v) is 10.6. The first-order valence-corrected chi connectivity index (χ1v) is 5.87. The topological polar surface area (TPSA) is 50.7 Å². The molecule has 80 valence electrons. The molecule has 1 aromatic carbocycles. The lowest BCUT2D eigenvalue weighted by Gasteiger charge is -2.01. The summed E-state index contributed by atoms with van der Waals surface area (Å²) in [7, 11) is 1.76. The van der Waals surface area contributed by atoms with E-state index in [4.69, 9.17) is 0 Å². The number of aryl methyl sites for hydroxylation is 1. The first kappa shape index (κ1) is 9.83. The van der Waals surface area contributed by atoms with E-state index in [1.165, 1.54) is 0 Å². The Morgan fingerprint density at radius 3 is 3.06 bits per heavy atom. The number of nitrogens with zero attached hydrogens (tertiary/aromatic N) is 2. The van der Waals surface area contributed by atoms with E-state index in [9.17, 15) is 4.79 Å². The number of rotatable bonds is 0. The number of aromatic amines is 1. The molecular weight excluding hydrogens is 317 g/mol. The maximum absolute atomic E-state index is 11.5. The Hall–Kier alpha value is -1.37. The second-order valence-corrected chi connectivity index (χ2v) is 4.92. The number of nitrogens with one attached hydrogen (secondary N) is 1. The summed E-state index contributed by atoms with van der Waals surface area (Å²) in [5.74, 6) is 0. The molecule has 0 aliphatic carbocycles. The van der Waals surface area contributed by atoms with Gasteiger partial charge in [-0.2, -0.15) is 0 Å². The number of halogens is 1. The van der Waals surface area contributed by atoms with Gasteiger partial charge >= 0.3 is 5.69 Å². The monoisotopic (exact) mass is 325 g/mol. The molecule has 5 heteroatoms. The average molecular weight is 325 g/mol. The van der Waals surface area contributed by atoms with E-state index >= 15 is 0 Å². The summed E-state index contributed by atoms with van der Waals surface area (Å²) in [5.41, 5.74) is 2.49. The Balaban J connectivity index is 2.66. The zero-order chi connectivity index (χ0) is 11.3. The molecule has 2 aromatic heterocycles. The molecule has 0 aliphatic rings. The van der Waals surface area contributed by atoms with Gasteiger partial charge in [0.05, 0.1) is 22.7 Å². The van der Waals surface area contributed by atoms with E-state index in [0.717, 1.165) is 25.5 Å². The van der Waals surface area contributed by atoms with E-state index < -0.39 is 0 Å². The highest BCUT2D eigenvalue weighted by Gasteiger charge is 2.08. The molecular formula is C11H8IN3O. The molecule has 0 saturated heterocycles. The molecule has 1 N–H and O–H groups in total. The van der Waals surface area contributed by atoms with Crippen LogP contribution in [0.4, 0.5) is 0 Å². The van der Waals surface area contributed by atoms with E-state index in [-0.39, 0.29) is 5.69 Å². The highest BCUT2D eigenvalue weighted by Crippen LogP contribution is 2.22. The number of benzene rings is 1. The van der Waals surface area contributed by atoms with Crippen LogP contribution in [0.3, 0.4) is 0 Å². The fourth-order valence-electron chi connectivity index (χ4n) is 1.90. The minimum Gasteiger partial charge on any atom is -0.304 e. The maximum atomic E-state index is 11.5. The van der Waals surface area contributed by atoms with Crippen molar-refractivity contribution in [2.75, 3.05) is 0 Å². The average Bonchev–Trinajstić information content (AvgIpc) is 2.55. The summed E-state index contributed by atoms with van der Waals surface area (Å²) in [6.07, 6.45) is 1.70. The summed E-state index contributed by atoms with van der Waals surface area (Å²) in [6.45, 7) is 0. The van der Waals surface area contributed by atoms with Crippen LogP contribution >= 0.6 is 22.6 Å².